The number of aldehydes is 1. The van der Waals surface area contributed by atoms with Crippen LogP contribution in [0.2, 0.25) is 0 Å². The van der Waals surface area contributed by atoms with E-state index in [-0.39, 0.29) is 48.6 Å². The number of rotatable bonds is 14. The second kappa shape index (κ2) is 12.5. The zero-order valence-corrected chi connectivity index (χ0v) is 23.5. The maximum Gasteiger partial charge on any atom is 0.214 e. The van der Waals surface area contributed by atoms with Crippen LogP contribution in [0.25, 0.3) is 0 Å². The number of hydrogen-bond donors (Lipinski definition) is 0. The molecular formula is C30H39NO6S. The Bertz CT molecular complexity index is 1160. The zero-order chi connectivity index (χ0) is 27.3. The van der Waals surface area contributed by atoms with Gasteiger partial charge in [0, 0.05) is 26.1 Å². The fourth-order valence-corrected chi connectivity index (χ4v) is 7.28. The van der Waals surface area contributed by atoms with Crippen molar-refractivity contribution in [3.63, 3.8) is 0 Å². The van der Waals surface area contributed by atoms with E-state index in [9.17, 15) is 13.2 Å². The van der Waals surface area contributed by atoms with Gasteiger partial charge in [-0.25, -0.2) is 8.42 Å². The summed E-state index contributed by atoms with van der Waals surface area (Å²) in [7, 11) is 1.34. The first-order chi connectivity index (χ1) is 18.3. The fourth-order valence-electron chi connectivity index (χ4n) is 5.47. The molecule has 0 radical (unpaired) electrons. The third kappa shape index (κ3) is 6.47. The molecule has 1 fully saturated rings. The van der Waals surface area contributed by atoms with Crippen LogP contribution in [-0.2, 0) is 32.6 Å². The molecule has 5 atom stereocenters. The summed E-state index contributed by atoms with van der Waals surface area (Å²) in [5.74, 6) is 1.97. The van der Waals surface area contributed by atoms with Crippen LogP contribution in [0.3, 0.4) is 0 Å². The molecule has 0 spiro atoms. The van der Waals surface area contributed by atoms with E-state index in [1.54, 1.807) is 25.6 Å². The van der Waals surface area contributed by atoms with E-state index in [2.05, 4.69) is 6.08 Å². The number of methoxy groups -OCH3 is 3. The van der Waals surface area contributed by atoms with Gasteiger partial charge in [-0.15, -0.1) is 0 Å². The van der Waals surface area contributed by atoms with E-state index in [1.807, 2.05) is 55.5 Å². The molecule has 2 aromatic carbocycles. The van der Waals surface area contributed by atoms with E-state index < -0.39 is 10.0 Å². The largest absolute Gasteiger partial charge is 0.497 e. The molecule has 0 heterocycles. The van der Waals surface area contributed by atoms with Crippen LogP contribution >= 0.6 is 0 Å². The predicted octanol–water partition coefficient (Wildman–Crippen LogP) is 4.86. The first-order valence-corrected chi connectivity index (χ1v) is 14.8. The molecule has 2 aliphatic carbocycles. The van der Waals surface area contributed by atoms with Gasteiger partial charge < -0.3 is 19.0 Å². The Hall–Kier alpha value is -2.68. The van der Waals surface area contributed by atoms with Crippen molar-refractivity contribution in [3.05, 3.63) is 71.3 Å². The molecule has 0 aromatic heterocycles. The van der Waals surface area contributed by atoms with Gasteiger partial charge in [0.25, 0.3) is 0 Å². The summed E-state index contributed by atoms with van der Waals surface area (Å²) >= 11 is 0. The summed E-state index contributed by atoms with van der Waals surface area (Å²) < 4.78 is 45.3. The van der Waals surface area contributed by atoms with E-state index >= 15 is 0 Å². The SMILES string of the molecule is COc1ccc(CN(Cc2ccc(OC)cc2)S(=O)(=O)C[C@@H](C)[C@@H]2C=C([C@H](OC)[C@@H]3CC[C@H]3C=O)C2)cc1. The number of benzene rings is 2. The molecule has 0 bridgehead atoms. The van der Waals surface area contributed by atoms with Gasteiger partial charge in [-0.1, -0.05) is 37.3 Å². The molecule has 0 aliphatic heterocycles. The minimum atomic E-state index is -3.57. The highest BCUT2D eigenvalue weighted by Crippen LogP contribution is 2.44. The standard InChI is InChI=1S/C30H39NO6S/c1-21(25-15-26(16-25)30(37-4)29-14-9-24(29)19-32)20-38(33,34)31(17-22-5-10-27(35-2)11-6-22)18-23-7-12-28(36-3)13-8-23/h5-8,10-13,15,19,21,24-25,29-30H,9,14,16-18,20H2,1-4H3/t21-,24+,25-,29-,30+/m1/s1. The average Bonchev–Trinajstić information content (AvgIpc) is 2.87. The molecule has 0 unspecified atom stereocenters. The summed E-state index contributed by atoms with van der Waals surface area (Å²) in [6.45, 7) is 2.56. The number of carbonyl (C=O) groups excluding carboxylic acids is 1. The van der Waals surface area contributed by atoms with Gasteiger partial charge in [-0.05, 0) is 78.0 Å². The number of ether oxygens (including phenoxy) is 3. The van der Waals surface area contributed by atoms with E-state index in [0.717, 1.165) is 48.2 Å². The van der Waals surface area contributed by atoms with Gasteiger partial charge in [-0.2, -0.15) is 4.31 Å². The Morgan fingerprint density at radius 1 is 0.921 bits per heavy atom. The van der Waals surface area contributed by atoms with E-state index in [4.69, 9.17) is 14.2 Å². The Kier molecular flexibility index (Phi) is 9.28. The van der Waals surface area contributed by atoms with Gasteiger partial charge in [0.1, 0.15) is 17.8 Å². The van der Waals surface area contributed by atoms with Crippen LogP contribution in [-0.4, -0.2) is 52.2 Å². The molecule has 0 N–H and O–H groups in total. The van der Waals surface area contributed by atoms with Gasteiger partial charge in [0.2, 0.25) is 10.0 Å². The summed E-state index contributed by atoms with van der Waals surface area (Å²) in [5, 5.41) is 0. The molecular weight excluding hydrogens is 502 g/mol. The Labute approximate surface area is 226 Å². The Morgan fingerprint density at radius 3 is 1.84 bits per heavy atom. The lowest BCUT2D eigenvalue weighted by Gasteiger charge is -2.43. The predicted molar refractivity (Wildman–Crippen MR) is 147 cm³/mol. The molecule has 4 rings (SSSR count). The van der Waals surface area contributed by atoms with Crippen molar-refractivity contribution >= 4 is 16.3 Å². The molecule has 0 amide bonds. The Morgan fingerprint density at radius 2 is 1.45 bits per heavy atom. The minimum Gasteiger partial charge on any atom is -0.497 e. The van der Waals surface area contributed by atoms with Crippen molar-refractivity contribution in [3.8, 4) is 11.5 Å². The number of sulfonamides is 1. The number of hydrogen-bond acceptors (Lipinski definition) is 6. The van der Waals surface area contributed by atoms with Crippen LogP contribution < -0.4 is 9.47 Å². The smallest absolute Gasteiger partial charge is 0.214 e. The van der Waals surface area contributed by atoms with Gasteiger partial charge in [0.05, 0.1) is 26.1 Å². The van der Waals surface area contributed by atoms with E-state index in [0.29, 0.717) is 0 Å². The third-order valence-corrected chi connectivity index (χ3v) is 10.1. The van der Waals surface area contributed by atoms with Crippen molar-refractivity contribution in [2.45, 2.75) is 45.4 Å². The van der Waals surface area contributed by atoms with Crippen molar-refractivity contribution in [1.82, 2.24) is 4.31 Å². The summed E-state index contributed by atoms with van der Waals surface area (Å²) in [5.41, 5.74) is 3.00. The highest BCUT2D eigenvalue weighted by Gasteiger charge is 2.42. The van der Waals surface area contributed by atoms with Crippen molar-refractivity contribution in [2.75, 3.05) is 27.1 Å². The normalized spacial score (nSPS) is 22.6. The molecule has 2 aliphatic rings. The lowest BCUT2D eigenvalue weighted by molar-refractivity contribution is -0.119. The second-order valence-corrected chi connectivity index (χ2v) is 12.5. The highest BCUT2D eigenvalue weighted by atomic mass is 32.2. The molecule has 2 aromatic rings. The lowest BCUT2D eigenvalue weighted by atomic mass is 9.65. The average molecular weight is 542 g/mol. The first-order valence-electron chi connectivity index (χ1n) is 13.2. The molecule has 7 nitrogen and oxygen atoms in total. The number of carbonyl (C=O) groups is 1. The highest BCUT2D eigenvalue weighted by molar-refractivity contribution is 7.89. The lowest BCUT2D eigenvalue weighted by Crippen LogP contribution is -2.42. The topological polar surface area (TPSA) is 82.1 Å². The summed E-state index contributed by atoms with van der Waals surface area (Å²) in [6.07, 6.45) is 5.92. The monoisotopic (exact) mass is 541 g/mol. The van der Waals surface area contributed by atoms with Crippen molar-refractivity contribution in [2.24, 2.45) is 23.7 Å². The number of nitrogens with zero attached hydrogens (tertiary/aromatic N) is 1. The molecule has 8 heteroatoms. The van der Waals surface area contributed by atoms with E-state index in [1.165, 1.54) is 5.57 Å². The summed E-state index contributed by atoms with van der Waals surface area (Å²) in [6, 6.07) is 15.0. The van der Waals surface area contributed by atoms with Gasteiger partial charge >= 0.3 is 0 Å². The maximum absolute atomic E-state index is 13.7. The first kappa shape index (κ1) is 28.3. The molecule has 1 saturated carbocycles. The quantitative estimate of drug-likeness (QED) is 0.251. The van der Waals surface area contributed by atoms with Crippen molar-refractivity contribution in [1.29, 1.82) is 0 Å². The Balaban J connectivity index is 1.47. The second-order valence-electron chi connectivity index (χ2n) is 10.5. The molecule has 38 heavy (non-hydrogen) atoms. The minimum absolute atomic E-state index is 0.0411. The number of allylic oxidation sites excluding steroid dienone is 1. The van der Waals surface area contributed by atoms with Crippen LogP contribution in [0.15, 0.2) is 60.2 Å². The maximum atomic E-state index is 13.7. The van der Waals surface area contributed by atoms with Crippen LogP contribution in [0.5, 0.6) is 11.5 Å². The fraction of sp³-hybridized carbons (Fsp3) is 0.500. The molecule has 206 valence electrons. The van der Waals surface area contributed by atoms with Gasteiger partial charge in [-0.3, -0.25) is 0 Å². The van der Waals surface area contributed by atoms with Crippen LogP contribution in [0.4, 0.5) is 0 Å². The third-order valence-electron chi connectivity index (χ3n) is 8.10. The van der Waals surface area contributed by atoms with Crippen LogP contribution in [0, 0.1) is 23.7 Å². The summed E-state index contributed by atoms with van der Waals surface area (Å²) in [4.78, 5) is 11.3. The molecule has 0 saturated heterocycles. The zero-order valence-electron chi connectivity index (χ0n) is 22.7. The van der Waals surface area contributed by atoms with Crippen molar-refractivity contribution < 1.29 is 27.4 Å². The van der Waals surface area contributed by atoms with Gasteiger partial charge in [0.15, 0.2) is 0 Å². The van der Waals surface area contributed by atoms with Crippen LogP contribution in [0.1, 0.15) is 37.3 Å².